The zero-order chi connectivity index (χ0) is 27.0. The molecule has 0 spiro atoms. The van der Waals surface area contributed by atoms with E-state index in [-0.39, 0.29) is 5.92 Å². The van der Waals surface area contributed by atoms with Gasteiger partial charge in [0.2, 0.25) is 0 Å². The lowest BCUT2D eigenvalue weighted by Crippen LogP contribution is -2.45. The number of fused-ring (bicyclic) bond motifs is 2. The number of allylic oxidation sites excluding steroid dienone is 2. The van der Waals surface area contributed by atoms with Crippen molar-refractivity contribution in [3.05, 3.63) is 112 Å². The van der Waals surface area contributed by atoms with Crippen molar-refractivity contribution in [2.75, 3.05) is 14.2 Å². The van der Waals surface area contributed by atoms with Gasteiger partial charge in [-0.05, 0) is 56.0 Å². The summed E-state index contributed by atoms with van der Waals surface area (Å²) in [5, 5.41) is 0. The summed E-state index contributed by atoms with van der Waals surface area (Å²) in [7, 11) is 2.77. The van der Waals surface area contributed by atoms with E-state index >= 15 is 0 Å². The second-order valence-corrected chi connectivity index (χ2v) is 10.5. The fourth-order valence-corrected chi connectivity index (χ4v) is 6.35. The molecule has 0 radical (unpaired) electrons. The summed E-state index contributed by atoms with van der Waals surface area (Å²) in [5.74, 6) is 4.43. The molecule has 2 aliphatic rings. The summed E-state index contributed by atoms with van der Waals surface area (Å²) in [4.78, 5) is 26.8. The molecule has 0 aliphatic heterocycles. The molecule has 5 rings (SSSR count). The second kappa shape index (κ2) is 9.99. The number of aryl methyl sites for hydroxylation is 3. The van der Waals surface area contributed by atoms with Crippen LogP contribution < -0.4 is 0 Å². The first-order valence-corrected chi connectivity index (χ1v) is 12.9. The van der Waals surface area contributed by atoms with Crippen LogP contribution in [0.15, 0.2) is 78.4 Å². The highest BCUT2D eigenvalue weighted by Crippen LogP contribution is 2.66. The third kappa shape index (κ3) is 4.13. The van der Waals surface area contributed by atoms with Gasteiger partial charge >= 0.3 is 11.9 Å². The maximum absolute atomic E-state index is 13.5. The van der Waals surface area contributed by atoms with Gasteiger partial charge < -0.3 is 9.47 Å². The third-order valence-electron chi connectivity index (χ3n) is 8.19. The maximum atomic E-state index is 13.5. The Morgan fingerprint density at radius 2 is 1.26 bits per heavy atom. The molecule has 0 N–H and O–H groups in total. The number of ether oxygens (including phenoxy) is 2. The lowest BCUT2D eigenvalue weighted by atomic mass is 9.63. The number of methoxy groups -OCH3 is 2. The largest absolute Gasteiger partial charge is 0.469 e. The van der Waals surface area contributed by atoms with Gasteiger partial charge in [0.1, 0.15) is 0 Å². The van der Waals surface area contributed by atoms with Gasteiger partial charge in [0.25, 0.3) is 0 Å². The number of benzene rings is 3. The van der Waals surface area contributed by atoms with E-state index in [9.17, 15) is 9.59 Å². The monoisotopic (exact) mass is 504 g/mol. The van der Waals surface area contributed by atoms with Crippen molar-refractivity contribution in [3.8, 4) is 11.8 Å². The van der Waals surface area contributed by atoms with Gasteiger partial charge in [-0.2, -0.15) is 0 Å². The minimum absolute atomic E-state index is 0.238. The van der Waals surface area contributed by atoms with Crippen LogP contribution in [0.5, 0.6) is 0 Å². The zero-order valence-corrected chi connectivity index (χ0v) is 22.5. The Bertz CT molecular complexity index is 1470. The number of carbonyl (C=O) groups excluding carboxylic acids is 2. The number of esters is 2. The Balaban J connectivity index is 1.84. The quantitative estimate of drug-likeness (QED) is 0.325. The molecule has 0 amide bonds. The van der Waals surface area contributed by atoms with Gasteiger partial charge in [0.15, 0.2) is 0 Å². The van der Waals surface area contributed by atoms with Crippen LogP contribution in [0.25, 0.3) is 5.57 Å². The molecule has 0 saturated heterocycles. The van der Waals surface area contributed by atoms with E-state index in [1.807, 2.05) is 50.2 Å². The molecule has 0 heterocycles. The highest BCUT2D eigenvalue weighted by atomic mass is 16.5. The molecular formula is C34H32O4. The SMILES string of the molecule is COC(=O)[C@H]1[C@H]2C[C@](c3ccc(C)cc3)(C(C#Cc3ccc(C)cc3)=C2c2ccc(C)cc2)[C@H]1C(=O)OC. The highest BCUT2D eigenvalue weighted by Gasteiger charge is 2.67. The molecule has 4 atom stereocenters. The molecule has 3 aromatic rings. The van der Waals surface area contributed by atoms with Gasteiger partial charge in [0, 0.05) is 22.5 Å². The Hall–Kier alpha value is -4.10. The first-order chi connectivity index (χ1) is 18.3. The van der Waals surface area contributed by atoms with Crippen LogP contribution >= 0.6 is 0 Å². The molecule has 0 unspecified atom stereocenters. The third-order valence-corrected chi connectivity index (χ3v) is 8.19. The van der Waals surface area contributed by atoms with Crippen LogP contribution in [0.1, 0.15) is 39.8 Å². The second-order valence-electron chi connectivity index (χ2n) is 10.5. The summed E-state index contributed by atoms with van der Waals surface area (Å²) in [5.41, 5.74) is 7.38. The summed E-state index contributed by atoms with van der Waals surface area (Å²) in [6.45, 7) is 6.13. The van der Waals surface area contributed by atoms with E-state index < -0.39 is 29.2 Å². The van der Waals surface area contributed by atoms with Crippen LogP contribution in [0.2, 0.25) is 0 Å². The lowest BCUT2D eigenvalue weighted by Gasteiger charge is -2.38. The van der Waals surface area contributed by atoms with Crippen LogP contribution in [0.4, 0.5) is 0 Å². The molecule has 4 nitrogen and oxygen atoms in total. The summed E-state index contributed by atoms with van der Waals surface area (Å²) >= 11 is 0. The maximum Gasteiger partial charge on any atom is 0.310 e. The van der Waals surface area contributed by atoms with Gasteiger partial charge in [-0.3, -0.25) is 9.59 Å². The molecule has 4 heteroatoms. The van der Waals surface area contributed by atoms with Crippen LogP contribution in [-0.2, 0) is 24.5 Å². The molecular weight excluding hydrogens is 472 g/mol. The number of rotatable bonds is 4. The van der Waals surface area contributed by atoms with Crippen molar-refractivity contribution in [2.24, 2.45) is 17.8 Å². The molecule has 192 valence electrons. The Kier molecular flexibility index (Phi) is 6.71. The Labute approximate surface area is 224 Å². The normalized spacial score (nSPS) is 23.6. The van der Waals surface area contributed by atoms with E-state index in [1.54, 1.807) is 0 Å². The van der Waals surface area contributed by atoms with E-state index in [1.165, 1.54) is 14.2 Å². The van der Waals surface area contributed by atoms with Gasteiger partial charge in [-0.25, -0.2) is 0 Å². The number of hydrogen-bond donors (Lipinski definition) is 0. The van der Waals surface area contributed by atoms with Crippen molar-refractivity contribution in [3.63, 3.8) is 0 Å². The van der Waals surface area contributed by atoms with E-state index in [4.69, 9.17) is 9.47 Å². The first kappa shape index (κ1) is 25.5. The molecule has 2 aliphatic carbocycles. The van der Waals surface area contributed by atoms with Crippen molar-refractivity contribution in [2.45, 2.75) is 32.6 Å². The Morgan fingerprint density at radius 3 is 1.82 bits per heavy atom. The standard InChI is InChI=1S/C34H32O4/c1-21-6-12-24(13-7-21)14-19-28-29(25-15-8-22(2)9-16-25)27-20-34(28,26-17-10-23(3)11-18-26)31(33(36)38-5)30(27)32(35)37-4/h6-13,15-18,27,30-31H,20H2,1-5H3/t27-,30-,31+,34-/m0/s1. The minimum Gasteiger partial charge on any atom is -0.469 e. The number of carbonyl (C=O) groups is 2. The minimum atomic E-state index is -0.817. The molecule has 3 aromatic carbocycles. The zero-order valence-electron chi connectivity index (χ0n) is 22.5. The smallest absolute Gasteiger partial charge is 0.310 e. The fraction of sp³-hybridized carbons (Fsp3) is 0.294. The van der Waals surface area contributed by atoms with E-state index in [0.717, 1.165) is 44.5 Å². The molecule has 38 heavy (non-hydrogen) atoms. The average molecular weight is 505 g/mol. The van der Waals surface area contributed by atoms with Gasteiger partial charge in [0.05, 0.1) is 26.1 Å². The highest BCUT2D eigenvalue weighted by molar-refractivity contribution is 5.95. The van der Waals surface area contributed by atoms with Crippen molar-refractivity contribution in [1.82, 2.24) is 0 Å². The Morgan fingerprint density at radius 1 is 0.737 bits per heavy atom. The summed E-state index contributed by atoms with van der Waals surface area (Å²) < 4.78 is 10.6. The van der Waals surface area contributed by atoms with Crippen LogP contribution in [0, 0.1) is 50.4 Å². The molecule has 2 bridgehead atoms. The van der Waals surface area contributed by atoms with Crippen molar-refractivity contribution in [1.29, 1.82) is 0 Å². The molecule has 1 saturated carbocycles. The fourth-order valence-electron chi connectivity index (χ4n) is 6.35. The lowest BCUT2D eigenvalue weighted by molar-refractivity contribution is -0.158. The number of hydrogen-bond acceptors (Lipinski definition) is 4. The van der Waals surface area contributed by atoms with Crippen molar-refractivity contribution >= 4 is 17.5 Å². The van der Waals surface area contributed by atoms with Crippen LogP contribution in [-0.4, -0.2) is 26.2 Å². The van der Waals surface area contributed by atoms with E-state index in [2.05, 4.69) is 55.2 Å². The predicted octanol–water partition coefficient (Wildman–Crippen LogP) is 5.97. The van der Waals surface area contributed by atoms with Gasteiger partial charge in [-0.15, -0.1) is 0 Å². The predicted molar refractivity (Wildman–Crippen MR) is 148 cm³/mol. The topological polar surface area (TPSA) is 52.6 Å². The van der Waals surface area contributed by atoms with E-state index in [0.29, 0.717) is 6.42 Å². The molecule has 1 fully saturated rings. The van der Waals surface area contributed by atoms with Crippen molar-refractivity contribution < 1.29 is 19.1 Å². The summed E-state index contributed by atoms with van der Waals surface area (Å²) in [6.07, 6.45) is 0.580. The van der Waals surface area contributed by atoms with Gasteiger partial charge in [-0.1, -0.05) is 89.2 Å². The molecule has 0 aromatic heterocycles. The average Bonchev–Trinajstić information content (AvgIpc) is 3.45. The first-order valence-electron chi connectivity index (χ1n) is 12.9. The summed E-state index contributed by atoms with van der Waals surface area (Å²) in [6, 6.07) is 24.6. The van der Waals surface area contributed by atoms with Crippen LogP contribution in [0.3, 0.4) is 0 Å².